The van der Waals surface area contributed by atoms with Crippen LogP contribution in [0.1, 0.15) is 38.3 Å². The number of carbonyl (C=O) groups is 6. The summed E-state index contributed by atoms with van der Waals surface area (Å²) >= 11 is 4.40. The van der Waals surface area contributed by atoms with Crippen molar-refractivity contribution in [1.29, 1.82) is 0 Å². The van der Waals surface area contributed by atoms with Crippen LogP contribution in [0.25, 0.3) is 10.9 Å². The van der Waals surface area contributed by atoms with Crippen LogP contribution in [0.5, 0.6) is 0 Å². The first-order valence-electron chi connectivity index (χ1n) is 15.9. The van der Waals surface area contributed by atoms with Gasteiger partial charge in [-0.2, -0.15) is 12.6 Å². The van der Waals surface area contributed by atoms with Crippen LogP contribution in [0.3, 0.4) is 0 Å². The molecule has 0 bridgehead atoms. The first-order valence-corrected chi connectivity index (χ1v) is 16.5. The maximum absolute atomic E-state index is 14.2. The molecular weight excluding hydrogens is 634 g/mol. The third kappa shape index (κ3) is 9.59. The highest BCUT2D eigenvalue weighted by Crippen LogP contribution is 2.20. The second-order valence-corrected chi connectivity index (χ2v) is 12.6. The van der Waals surface area contributed by atoms with E-state index in [4.69, 9.17) is 0 Å². The van der Waals surface area contributed by atoms with Gasteiger partial charge in [0.2, 0.25) is 35.4 Å². The predicted octanol–water partition coefficient (Wildman–Crippen LogP) is 0.804. The predicted molar refractivity (Wildman–Crippen MR) is 184 cm³/mol. The van der Waals surface area contributed by atoms with E-state index in [-0.39, 0.29) is 37.6 Å². The molecule has 2 heterocycles. The fourth-order valence-electron chi connectivity index (χ4n) is 5.62. The number of rotatable bonds is 9. The molecule has 0 aliphatic carbocycles. The summed E-state index contributed by atoms with van der Waals surface area (Å²) in [5.74, 6) is -3.82. The van der Waals surface area contributed by atoms with Crippen molar-refractivity contribution in [1.82, 2.24) is 36.5 Å². The van der Waals surface area contributed by atoms with Crippen molar-refractivity contribution in [2.24, 2.45) is 5.92 Å². The summed E-state index contributed by atoms with van der Waals surface area (Å²) in [6, 6.07) is 11.9. The van der Waals surface area contributed by atoms with Gasteiger partial charge in [0.25, 0.3) is 0 Å². The van der Waals surface area contributed by atoms with Crippen LogP contribution in [-0.2, 0) is 41.6 Å². The van der Waals surface area contributed by atoms with E-state index in [0.717, 1.165) is 26.9 Å². The molecule has 14 heteroatoms. The molecule has 0 radical (unpaired) electrons. The van der Waals surface area contributed by atoms with E-state index in [1.807, 2.05) is 44.2 Å². The highest BCUT2D eigenvalue weighted by atomic mass is 32.1. The number of nitrogens with one attached hydrogen (secondary N) is 6. The van der Waals surface area contributed by atoms with Gasteiger partial charge in [-0.3, -0.25) is 28.8 Å². The van der Waals surface area contributed by atoms with Crippen LogP contribution < -0.4 is 26.6 Å². The summed E-state index contributed by atoms with van der Waals surface area (Å²) in [6.07, 6.45) is 2.15. The number of para-hydroxylation sites is 1. The Hall–Kier alpha value is -4.85. The molecule has 4 rings (SSSR count). The molecular formula is C34H43N7O6S. The lowest BCUT2D eigenvalue weighted by atomic mass is 10.0. The lowest BCUT2D eigenvalue weighted by Gasteiger charge is -2.34. The molecule has 2 aromatic carbocycles. The third-order valence-corrected chi connectivity index (χ3v) is 8.39. The molecule has 3 aromatic rings. The number of H-pyrrole nitrogens is 1. The Kier molecular flexibility index (Phi) is 12.6. The van der Waals surface area contributed by atoms with Crippen molar-refractivity contribution in [3.8, 4) is 0 Å². The maximum Gasteiger partial charge on any atom is 0.247 e. The molecule has 13 nitrogen and oxygen atoms in total. The molecule has 6 N–H and O–H groups in total. The number of carbonyl (C=O) groups excluding carboxylic acids is 6. The number of nitrogens with zero attached hydrogens (tertiary/aromatic N) is 1. The summed E-state index contributed by atoms with van der Waals surface area (Å²) in [7, 11) is 0. The Morgan fingerprint density at radius 3 is 2.25 bits per heavy atom. The van der Waals surface area contributed by atoms with Gasteiger partial charge in [0, 0.05) is 42.6 Å². The largest absolute Gasteiger partial charge is 0.361 e. The Bertz CT molecular complexity index is 1630. The van der Waals surface area contributed by atoms with Gasteiger partial charge < -0.3 is 36.5 Å². The first kappa shape index (κ1) is 36.0. The summed E-state index contributed by atoms with van der Waals surface area (Å²) in [5.41, 5.74) is 2.32. The number of aromatic amines is 1. The SMILES string of the molecule is CC(=O)NCN1C(=O)[C@@H](Cc2ccccc2)NC(=O)CNC(=O)[C@H](CC(C)C)NC(=O)[C@@H](Cc2c[nH]c3ccccc23)NC(=O)[C@@H]1CS. The van der Waals surface area contributed by atoms with Gasteiger partial charge >= 0.3 is 0 Å². The fraction of sp³-hybridized carbons (Fsp3) is 0.412. The lowest BCUT2D eigenvalue weighted by Crippen LogP contribution is -2.61. The van der Waals surface area contributed by atoms with Crippen molar-refractivity contribution < 1.29 is 28.8 Å². The minimum Gasteiger partial charge on any atom is -0.361 e. The molecule has 0 spiro atoms. The molecule has 1 aliphatic rings. The van der Waals surface area contributed by atoms with Crippen LogP contribution in [0.2, 0.25) is 0 Å². The van der Waals surface area contributed by atoms with Gasteiger partial charge in [-0.1, -0.05) is 62.4 Å². The second-order valence-electron chi connectivity index (χ2n) is 12.2. The molecule has 256 valence electrons. The average Bonchev–Trinajstić information content (AvgIpc) is 3.46. The zero-order chi connectivity index (χ0) is 34.8. The summed E-state index contributed by atoms with van der Waals surface area (Å²) in [6.45, 7) is 4.25. The lowest BCUT2D eigenvalue weighted by molar-refractivity contribution is -0.144. The highest BCUT2D eigenvalue weighted by molar-refractivity contribution is 7.80. The van der Waals surface area contributed by atoms with Crippen molar-refractivity contribution >= 4 is 59.0 Å². The van der Waals surface area contributed by atoms with Gasteiger partial charge in [-0.25, -0.2) is 0 Å². The van der Waals surface area contributed by atoms with Crippen LogP contribution >= 0.6 is 12.6 Å². The quantitative estimate of drug-likeness (QED) is 0.165. The van der Waals surface area contributed by atoms with E-state index in [0.29, 0.717) is 0 Å². The second kappa shape index (κ2) is 16.8. The Morgan fingerprint density at radius 1 is 0.875 bits per heavy atom. The van der Waals surface area contributed by atoms with Crippen molar-refractivity contribution in [2.75, 3.05) is 19.0 Å². The van der Waals surface area contributed by atoms with Gasteiger partial charge in [-0.15, -0.1) is 0 Å². The molecule has 1 saturated heterocycles. The molecule has 1 fully saturated rings. The normalized spacial score (nSPS) is 21.5. The van der Waals surface area contributed by atoms with Crippen molar-refractivity contribution in [3.63, 3.8) is 0 Å². The van der Waals surface area contributed by atoms with Crippen LogP contribution in [0.15, 0.2) is 60.8 Å². The Labute approximate surface area is 284 Å². The summed E-state index contributed by atoms with van der Waals surface area (Å²) < 4.78 is 0. The number of thiol groups is 1. The number of benzene rings is 2. The number of fused-ring (bicyclic) bond motifs is 1. The van der Waals surface area contributed by atoms with Gasteiger partial charge in [0.1, 0.15) is 24.2 Å². The van der Waals surface area contributed by atoms with Gasteiger partial charge in [-0.05, 0) is 29.5 Å². The Balaban J connectivity index is 1.76. The molecule has 0 unspecified atom stereocenters. The molecule has 6 amide bonds. The smallest absolute Gasteiger partial charge is 0.247 e. The van der Waals surface area contributed by atoms with E-state index < -0.39 is 66.2 Å². The molecule has 0 saturated carbocycles. The maximum atomic E-state index is 14.2. The number of aromatic nitrogens is 1. The molecule has 1 aliphatic heterocycles. The monoisotopic (exact) mass is 677 g/mol. The standard InChI is InChI=1S/C34H43N7O6S/c1-20(2)13-26-31(44)36-17-30(43)38-28(14-22-9-5-4-6-10-22)34(47)41(19-37-21(3)42)29(18-48)33(46)40-27(32(45)39-26)15-23-16-35-25-12-8-7-11-24(23)25/h4-12,16,20,26-29,35,48H,13-15,17-19H2,1-3H3,(H,36,44)(H,37,42)(H,38,43)(H,39,45)(H,40,46)/t26-,27+,28+,29-/m0/s1. The van der Waals surface area contributed by atoms with Crippen LogP contribution in [0, 0.1) is 5.92 Å². The number of amides is 6. The first-order chi connectivity index (χ1) is 23.0. The molecule has 48 heavy (non-hydrogen) atoms. The third-order valence-electron chi connectivity index (χ3n) is 8.04. The molecule has 4 atom stereocenters. The zero-order valence-electron chi connectivity index (χ0n) is 27.2. The van der Waals surface area contributed by atoms with Gasteiger partial charge in [0.15, 0.2) is 0 Å². The molecule has 1 aromatic heterocycles. The topological polar surface area (TPSA) is 182 Å². The Morgan fingerprint density at radius 2 is 1.56 bits per heavy atom. The summed E-state index contributed by atoms with van der Waals surface area (Å²) in [4.78, 5) is 85.0. The van der Waals surface area contributed by atoms with Crippen LogP contribution in [0.4, 0.5) is 0 Å². The van der Waals surface area contributed by atoms with Gasteiger partial charge in [0.05, 0.1) is 13.2 Å². The van der Waals surface area contributed by atoms with Crippen LogP contribution in [-0.4, -0.2) is 88.5 Å². The zero-order valence-corrected chi connectivity index (χ0v) is 28.1. The fourth-order valence-corrected chi connectivity index (χ4v) is 5.98. The summed E-state index contributed by atoms with van der Waals surface area (Å²) in [5, 5.41) is 14.3. The van der Waals surface area contributed by atoms with Crippen molar-refractivity contribution in [2.45, 2.75) is 64.2 Å². The minimum absolute atomic E-state index is 0.00221. The number of hydrogen-bond acceptors (Lipinski definition) is 7. The average molecular weight is 678 g/mol. The minimum atomic E-state index is -1.25. The highest BCUT2D eigenvalue weighted by Gasteiger charge is 2.37. The van der Waals surface area contributed by atoms with E-state index in [1.54, 1.807) is 30.5 Å². The van der Waals surface area contributed by atoms with E-state index >= 15 is 0 Å². The van der Waals surface area contributed by atoms with E-state index in [2.05, 4.69) is 44.2 Å². The van der Waals surface area contributed by atoms with E-state index in [9.17, 15) is 28.8 Å². The number of hydrogen-bond donors (Lipinski definition) is 7. The van der Waals surface area contributed by atoms with Crippen molar-refractivity contribution in [3.05, 3.63) is 71.9 Å². The van der Waals surface area contributed by atoms with E-state index in [1.165, 1.54) is 6.92 Å².